The summed E-state index contributed by atoms with van der Waals surface area (Å²) in [7, 11) is 3.67. The molecule has 1 aliphatic rings. The first-order valence-corrected chi connectivity index (χ1v) is 9.50. The number of likely N-dealkylation sites (N-methyl/N-ethyl adjacent to an activating group) is 1. The number of rotatable bonds is 6. The number of nitrogens with zero attached hydrogens (tertiary/aromatic N) is 3. The minimum atomic E-state index is -0.143. The Morgan fingerprint density at radius 1 is 1.04 bits per heavy atom. The van der Waals surface area contributed by atoms with Gasteiger partial charge in [-0.25, -0.2) is 0 Å². The third-order valence-electron chi connectivity index (χ3n) is 5.32. The Kier molecular flexibility index (Phi) is 6.35. The smallest absolute Gasteiger partial charge is 0.239 e. The van der Waals surface area contributed by atoms with E-state index in [1.807, 2.05) is 49.2 Å². The summed E-state index contributed by atoms with van der Waals surface area (Å²) in [5.74, 6) is 1.06. The third-order valence-corrected chi connectivity index (χ3v) is 5.32. The maximum Gasteiger partial charge on any atom is 0.239 e. The van der Waals surface area contributed by atoms with Crippen LogP contribution in [-0.2, 0) is 11.3 Å². The highest BCUT2D eigenvalue weighted by atomic mass is 16.5. The lowest BCUT2D eigenvalue weighted by Crippen LogP contribution is -2.53. The molecule has 1 aliphatic heterocycles. The molecule has 0 radical (unpaired) electrons. The zero-order chi connectivity index (χ0) is 19.2. The van der Waals surface area contributed by atoms with Crippen molar-refractivity contribution >= 4 is 11.6 Å². The van der Waals surface area contributed by atoms with Crippen molar-refractivity contribution in [2.45, 2.75) is 19.5 Å². The second-order valence-corrected chi connectivity index (χ2v) is 7.09. The number of carbonyl (C=O) groups is 1. The Hall–Kier alpha value is -2.53. The van der Waals surface area contributed by atoms with Crippen LogP contribution in [0.2, 0.25) is 0 Å². The van der Waals surface area contributed by atoms with Crippen molar-refractivity contribution in [3.05, 3.63) is 60.2 Å². The van der Waals surface area contributed by atoms with Gasteiger partial charge in [0.15, 0.2) is 0 Å². The van der Waals surface area contributed by atoms with Crippen molar-refractivity contribution in [2.75, 3.05) is 45.2 Å². The number of amides is 1. The van der Waals surface area contributed by atoms with E-state index in [-0.39, 0.29) is 11.9 Å². The largest absolute Gasteiger partial charge is 0.497 e. The first-order valence-electron chi connectivity index (χ1n) is 9.50. The molecule has 2 aromatic carbocycles. The number of benzene rings is 2. The molecule has 5 nitrogen and oxygen atoms in total. The summed E-state index contributed by atoms with van der Waals surface area (Å²) in [4.78, 5) is 19.4. The molecule has 27 heavy (non-hydrogen) atoms. The molecule has 0 N–H and O–H groups in total. The minimum absolute atomic E-state index is 0.143. The van der Waals surface area contributed by atoms with Gasteiger partial charge in [-0.05, 0) is 43.8 Å². The molecule has 1 saturated heterocycles. The van der Waals surface area contributed by atoms with E-state index in [0.29, 0.717) is 0 Å². The maximum absolute atomic E-state index is 12.9. The summed E-state index contributed by atoms with van der Waals surface area (Å²) in [5, 5.41) is 0. The van der Waals surface area contributed by atoms with Gasteiger partial charge in [0.1, 0.15) is 5.75 Å². The van der Waals surface area contributed by atoms with Crippen LogP contribution in [0.25, 0.3) is 0 Å². The van der Waals surface area contributed by atoms with Crippen LogP contribution in [-0.4, -0.2) is 62.1 Å². The highest BCUT2D eigenvalue weighted by Crippen LogP contribution is 2.17. The van der Waals surface area contributed by atoms with Crippen LogP contribution in [0.1, 0.15) is 12.5 Å². The van der Waals surface area contributed by atoms with Crippen LogP contribution in [0.3, 0.4) is 0 Å². The molecule has 1 unspecified atom stereocenters. The summed E-state index contributed by atoms with van der Waals surface area (Å²) in [6.07, 6.45) is 0. The highest BCUT2D eigenvalue weighted by molar-refractivity contribution is 5.81. The van der Waals surface area contributed by atoms with Gasteiger partial charge in [-0.2, -0.15) is 0 Å². The summed E-state index contributed by atoms with van der Waals surface area (Å²) in [5.41, 5.74) is 2.40. The third kappa shape index (κ3) is 4.80. The van der Waals surface area contributed by atoms with Crippen molar-refractivity contribution in [1.29, 1.82) is 0 Å². The van der Waals surface area contributed by atoms with Crippen LogP contribution < -0.4 is 9.64 Å². The van der Waals surface area contributed by atoms with Crippen LogP contribution in [0.5, 0.6) is 5.75 Å². The van der Waals surface area contributed by atoms with Gasteiger partial charge in [-0.1, -0.05) is 30.3 Å². The average molecular weight is 367 g/mol. The zero-order valence-corrected chi connectivity index (χ0v) is 16.5. The monoisotopic (exact) mass is 367 g/mol. The van der Waals surface area contributed by atoms with E-state index < -0.39 is 0 Å². The van der Waals surface area contributed by atoms with E-state index in [4.69, 9.17) is 4.74 Å². The molecule has 2 aromatic rings. The van der Waals surface area contributed by atoms with Gasteiger partial charge < -0.3 is 14.5 Å². The Morgan fingerprint density at radius 3 is 2.26 bits per heavy atom. The zero-order valence-electron chi connectivity index (χ0n) is 16.5. The van der Waals surface area contributed by atoms with Gasteiger partial charge in [-0.3, -0.25) is 9.69 Å². The molecule has 0 aromatic heterocycles. The van der Waals surface area contributed by atoms with E-state index in [9.17, 15) is 4.79 Å². The molecule has 144 valence electrons. The number of ether oxygens (including phenoxy) is 1. The molecule has 1 heterocycles. The standard InChI is InChI=1S/C22H29N3O2/c1-18(23(2)17-19-9-11-21(27-3)12-10-19)22(26)25-15-13-24(14-16-25)20-7-5-4-6-8-20/h4-12,18H,13-17H2,1-3H3. The molecule has 0 spiro atoms. The molecule has 0 bridgehead atoms. The number of methoxy groups -OCH3 is 1. The summed E-state index contributed by atoms with van der Waals surface area (Å²) in [6, 6.07) is 18.3. The molecule has 0 saturated carbocycles. The first kappa shape index (κ1) is 19.2. The van der Waals surface area contributed by atoms with Gasteiger partial charge in [0.25, 0.3) is 0 Å². The second kappa shape index (κ2) is 8.91. The SMILES string of the molecule is COc1ccc(CN(C)C(C)C(=O)N2CCN(c3ccccc3)CC2)cc1. The van der Waals surface area contributed by atoms with Gasteiger partial charge in [-0.15, -0.1) is 0 Å². The molecule has 1 atom stereocenters. The fraction of sp³-hybridized carbons (Fsp3) is 0.409. The summed E-state index contributed by atoms with van der Waals surface area (Å²) < 4.78 is 5.20. The number of hydrogen-bond donors (Lipinski definition) is 0. The van der Waals surface area contributed by atoms with Crippen LogP contribution >= 0.6 is 0 Å². The lowest BCUT2D eigenvalue weighted by molar-refractivity contribution is -0.136. The van der Waals surface area contributed by atoms with Gasteiger partial charge in [0.2, 0.25) is 5.91 Å². The Labute approximate surface area is 162 Å². The number of carbonyl (C=O) groups excluding carboxylic acids is 1. The fourth-order valence-electron chi connectivity index (χ4n) is 3.43. The van der Waals surface area contributed by atoms with Crippen molar-refractivity contribution in [1.82, 2.24) is 9.80 Å². The molecule has 5 heteroatoms. The molecule has 1 fully saturated rings. The minimum Gasteiger partial charge on any atom is -0.497 e. The lowest BCUT2D eigenvalue weighted by atomic mass is 10.1. The predicted molar refractivity (Wildman–Crippen MR) is 109 cm³/mol. The van der Waals surface area contributed by atoms with Crippen molar-refractivity contribution < 1.29 is 9.53 Å². The van der Waals surface area contributed by atoms with Gasteiger partial charge in [0, 0.05) is 38.4 Å². The molecule has 0 aliphatic carbocycles. The maximum atomic E-state index is 12.9. The highest BCUT2D eigenvalue weighted by Gasteiger charge is 2.27. The molecule has 1 amide bonds. The van der Waals surface area contributed by atoms with Crippen LogP contribution in [0.15, 0.2) is 54.6 Å². The van der Waals surface area contributed by atoms with E-state index in [2.05, 4.69) is 34.1 Å². The quantitative estimate of drug-likeness (QED) is 0.787. The van der Waals surface area contributed by atoms with E-state index >= 15 is 0 Å². The Bertz CT molecular complexity index is 725. The Balaban J connectivity index is 1.52. The number of anilines is 1. The number of piperazine rings is 1. The van der Waals surface area contributed by atoms with E-state index in [0.717, 1.165) is 38.5 Å². The van der Waals surface area contributed by atoms with Gasteiger partial charge in [0.05, 0.1) is 13.2 Å². The van der Waals surface area contributed by atoms with Crippen LogP contribution in [0.4, 0.5) is 5.69 Å². The van der Waals surface area contributed by atoms with Gasteiger partial charge >= 0.3 is 0 Å². The van der Waals surface area contributed by atoms with Crippen molar-refractivity contribution in [2.24, 2.45) is 0 Å². The van der Waals surface area contributed by atoms with E-state index in [1.54, 1.807) is 7.11 Å². The summed E-state index contributed by atoms with van der Waals surface area (Å²) in [6.45, 7) is 6.04. The Morgan fingerprint density at radius 2 is 1.67 bits per heavy atom. The number of para-hydroxylation sites is 1. The summed E-state index contributed by atoms with van der Waals surface area (Å²) >= 11 is 0. The fourth-order valence-corrected chi connectivity index (χ4v) is 3.43. The second-order valence-electron chi connectivity index (χ2n) is 7.09. The molecular weight excluding hydrogens is 338 g/mol. The van der Waals surface area contributed by atoms with Crippen molar-refractivity contribution in [3.8, 4) is 5.75 Å². The normalized spacial score (nSPS) is 15.7. The average Bonchev–Trinajstić information content (AvgIpc) is 2.74. The van der Waals surface area contributed by atoms with Crippen LogP contribution in [0, 0.1) is 0 Å². The van der Waals surface area contributed by atoms with Crippen molar-refractivity contribution in [3.63, 3.8) is 0 Å². The van der Waals surface area contributed by atoms with E-state index in [1.165, 1.54) is 11.3 Å². The first-order chi connectivity index (χ1) is 13.1. The predicted octanol–water partition coefficient (Wildman–Crippen LogP) is 2.86. The lowest BCUT2D eigenvalue weighted by Gasteiger charge is -2.38. The molecule has 3 rings (SSSR count). The molecular formula is C22H29N3O2. The topological polar surface area (TPSA) is 36.0 Å². The number of hydrogen-bond acceptors (Lipinski definition) is 4.